The van der Waals surface area contributed by atoms with Gasteiger partial charge in [-0.25, -0.2) is 0 Å². The standard InChI is InChI=1S/C4H10O.K.2H2O/c1-4(2,3)5;;;/h5H,1-3H3;;2*1H2/q;+1;;/p-1. The number of hydrogen-bond donors (Lipinski definition) is 1. The Morgan fingerprint density at radius 3 is 1.12 bits per heavy atom. The molecule has 0 aromatic rings. The molecule has 0 aromatic heterocycles. The predicted molar refractivity (Wildman–Crippen MR) is 27.5 cm³/mol. The summed E-state index contributed by atoms with van der Waals surface area (Å²) in [5.74, 6) is 0. The molecule has 48 valence electrons. The summed E-state index contributed by atoms with van der Waals surface area (Å²) in [6.07, 6.45) is 0. The van der Waals surface area contributed by atoms with Crippen molar-refractivity contribution in [1.29, 1.82) is 0 Å². The van der Waals surface area contributed by atoms with Gasteiger partial charge in [-0.2, -0.15) is 0 Å². The molecule has 0 bridgehead atoms. The zero-order valence-corrected chi connectivity index (χ0v) is 9.02. The first-order valence-electron chi connectivity index (χ1n) is 1.72. The summed E-state index contributed by atoms with van der Waals surface area (Å²) in [5, 5.41) is 8.52. The second-order valence-corrected chi connectivity index (χ2v) is 2.17. The number of aliphatic hydroxyl groups is 1. The molecule has 4 N–H and O–H groups in total. The molecule has 4 heteroatoms. The Kier molecular flexibility index (Phi) is 24.1. The Morgan fingerprint density at radius 1 is 1.12 bits per heavy atom. The summed E-state index contributed by atoms with van der Waals surface area (Å²) in [7, 11) is 0. The van der Waals surface area contributed by atoms with Crippen molar-refractivity contribution in [3.05, 3.63) is 0 Å². The number of rotatable bonds is 0. The molecule has 0 radical (unpaired) electrons. The van der Waals surface area contributed by atoms with Crippen LogP contribution in [0.2, 0.25) is 0 Å². The minimum absolute atomic E-state index is 0. The third-order valence-electron chi connectivity index (χ3n) is 0. The van der Waals surface area contributed by atoms with Gasteiger partial charge in [-0.15, -0.1) is 0 Å². The van der Waals surface area contributed by atoms with Crippen LogP contribution in [-0.4, -0.2) is 21.7 Å². The Hall–Kier alpha value is 1.52. The maximum absolute atomic E-state index is 8.52. The van der Waals surface area contributed by atoms with E-state index in [0.29, 0.717) is 0 Å². The Bertz CT molecular complexity index is 26.8. The van der Waals surface area contributed by atoms with Gasteiger partial charge in [0.2, 0.25) is 0 Å². The average Bonchev–Trinajstić information content (AvgIpc) is 0.722. The second kappa shape index (κ2) is 8.52. The molecule has 0 aliphatic rings. The van der Waals surface area contributed by atoms with Crippen LogP contribution in [0.4, 0.5) is 0 Å². The first kappa shape index (κ1) is 22.7. The van der Waals surface area contributed by atoms with Gasteiger partial charge >= 0.3 is 51.4 Å². The smallest absolute Gasteiger partial charge is 0.870 e. The van der Waals surface area contributed by atoms with E-state index in [9.17, 15) is 0 Å². The van der Waals surface area contributed by atoms with Gasteiger partial charge in [0, 0.05) is 0 Å². The molecule has 0 rings (SSSR count). The largest absolute Gasteiger partial charge is 1.00 e. The topological polar surface area (TPSA) is 81.7 Å². The Balaban J connectivity index is -0.0000000267. The van der Waals surface area contributed by atoms with Gasteiger partial charge in [0.15, 0.2) is 0 Å². The fraction of sp³-hybridized carbons (Fsp3) is 1.00. The summed E-state index contributed by atoms with van der Waals surface area (Å²) in [4.78, 5) is 0. The zero-order chi connectivity index (χ0) is 4.50. The quantitative estimate of drug-likeness (QED) is 0.367. The van der Waals surface area contributed by atoms with Gasteiger partial charge in [0.25, 0.3) is 0 Å². The zero-order valence-electron chi connectivity index (χ0n) is 5.89. The first-order chi connectivity index (χ1) is 2.00. The van der Waals surface area contributed by atoms with Crippen LogP contribution in [0.15, 0.2) is 0 Å². The van der Waals surface area contributed by atoms with Crippen molar-refractivity contribution in [2.75, 3.05) is 0 Å². The molecule has 0 aromatic carbocycles. The maximum atomic E-state index is 8.52. The summed E-state index contributed by atoms with van der Waals surface area (Å²) in [6.45, 7) is 5.23. The molecule has 0 amide bonds. The minimum atomic E-state index is -0.500. The van der Waals surface area contributed by atoms with Gasteiger partial charge in [-0.1, -0.05) is 0 Å². The fourth-order valence-electron chi connectivity index (χ4n) is 0. The van der Waals surface area contributed by atoms with Gasteiger partial charge in [0.1, 0.15) is 0 Å². The Morgan fingerprint density at radius 2 is 1.12 bits per heavy atom. The van der Waals surface area contributed by atoms with Crippen LogP contribution in [-0.2, 0) is 0 Å². The molecule has 0 fully saturated rings. The van der Waals surface area contributed by atoms with Crippen molar-refractivity contribution in [3.63, 3.8) is 0 Å². The summed E-state index contributed by atoms with van der Waals surface area (Å²) in [6, 6.07) is 0. The van der Waals surface area contributed by atoms with E-state index < -0.39 is 5.60 Å². The van der Waals surface area contributed by atoms with Crippen LogP contribution in [0.1, 0.15) is 20.8 Å². The molecule has 0 saturated heterocycles. The van der Waals surface area contributed by atoms with Crippen LogP contribution in [0.25, 0.3) is 0 Å². The molecule has 8 heavy (non-hydrogen) atoms. The molecule has 0 atom stereocenters. The summed E-state index contributed by atoms with van der Waals surface area (Å²) >= 11 is 0. The predicted octanol–water partition coefficient (Wildman–Crippen LogP) is -3.22. The van der Waals surface area contributed by atoms with Gasteiger partial charge in [-0.3, -0.25) is 0 Å². The van der Waals surface area contributed by atoms with Crippen molar-refractivity contribution in [3.8, 4) is 0 Å². The van der Waals surface area contributed by atoms with E-state index in [1.807, 2.05) is 0 Å². The fourth-order valence-corrected chi connectivity index (χ4v) is 0. The monoisotopic (exact) mass is 148 g/mol. The molecule has 0 heterocycles. The van der Waals surface area contributed by atoms with Crippen LogP contribution >= 0.6 is 0 Å². The van der Waals surface area contributed by atoms with E-state index >= 15 is 0 Å². The van der Waals surface area contributed by atoms with Gasteiger partial charge < -0.3 is 16.1 Å². The van der Waals surface area contributed by atoms with E-state index in [1.165, 1.54) is 0 Å². The molecule has 0 saturated carbocycles. The van der Waals surface area contributed by atoms with E-state index in [1.54, 1.807) is 20.8 Å². The normalized spacial score (nSPS) is 7.50. The second-order valence-electron chi connectivity index (χ2n) is 2.17. The third-order valence-corrected chi connectivity index (χ3v) is 0. The van der Waals surface area contributed by atoms with E-state index in [4.69, 9.17) is 5.11 Å². The van der Waals surface area contributed by atoms with Crippen molar-refractivity contribution in [2.45, 2.75) is 26.4 Å². The van der Waals surface area contributed by atoms with Crippen LogP contribution in [0.3, 0.4) is 0 Å². The van der Waals surface area contributed by atoms with Crippen LogP contribution in [0, 0.1) is 0 Å². The molecular formula is C4H13KO3. The molecule has 0 aliphatic heterocycles. The third kappa shape index (κ3) is 139. The van der Waals surface area contributed by atoms with Crippen molar-refractivity contribution in [1.82, 2.24) is 0 Å². The molecular weight excluding hydrogens is 135 g/mol. The van der Waals surface area contributed by atoms with Crippen LogP contribution < -0.4 is 51.4 Å². The molecule has 0 spiro atoms. The van der Waals surface area contributed by atoms with Crippen molar-refractivity contribution >= 4 is 0 Å². The first-order valence-corrected chi connectivity index (χ1v) is 1.72. The molecule has 3 nitrogen and oxygen atoms in total. The van der Waals surface area contributed by atoms with E-state index in [0.717, 1.165) is 0 Å². The van der Waals surface area contributed by atoms with Crippen molar-refractivity contribution in [2.24, 2.45) is 0 Å². The molecule has 0 unspecified atom stereocenters. The van der Waals surface area contributed by atoms with E-state index in [-0.39, 0.29) is 62.3 Å². The minimum Gasteiger partial charge on any atom is -0.870 e. The Labute approximate surface area is 92.5 Å². The summed E-state index contributed by atoms with van der Waals surface area (Å²) in [5.41, 5.74) is -0.500. The van der Waals surface area contributed by atoms with Crippen LogP contribution in [0.5, 0.6) is 0 Å². The summed E-state index contributed by atoms with van der Waals surface area (Å²) < 4.78 is 0. The average molecular weight is 148 g/mol. The number of hydrogen-bond acceptors (Lipinski definition) is 2. The SMILES string of the molecule is CC(C)(C)O.O.[K+].[OH-]. The maximum Gasteiger partial charge on any atom is 1.00 e. The van der Waals surface area contributed by atoms with Gasteiger partial charge in [-0.05, 0) is 20.8 Å². The van der Waals surface area contributed by atoms with E-state index in [2.05, 4.69) is 0 Å². The van der Waals surface area contributed by atoms with Crippen molar-refractivity contribution < 1.29 is 67.4 Å². The van der Waals surface area contributed by atoms with Gasteiger partial charge in [0.05, 0.1) is 5.60 Å². The molecule has 0 aliphatic carbocycles.